The van der Waals surface area contributed by atoms with Gasteiger partial charge in [-0.3, -0.25) is 0 Å². The molecule has 1 heterocycles. The van der Waals surface area contributed by atoms with Crippen LogP contribution in [0.5, 0.6) is 0 Å². The van der Waals surface area contributed by atoms with Crippen molar-refractivity contribution in [2.24, 2.45) is 11.8 Å². The SMILES string of the molecule is CC(C)C1CCN(CC(Cl)C#N)CC1. The zero-order chi connectivity index (χ0) is 10.6. The summed E-state index contributed by atoms with van der Waals surface area (Å²) in [4.78, 5) is 2.31. The Morgan fingerprint density at radius 3 is 2.43 bits per heavy atom. The number of hydrogen-bond acceptors (Lipinski definition) is 2. The highest BCUT2D eigenvalue weighted by molar-refractivity contribution is 6.22. The molecule has 0 aromatic carbocycles. The second kappa shape index (κ2) is 5.58. The van der Waals surface area contributed by atoms with E-state index in [1.807, 2.05) is 0 Å². The second-order valence-corrected chi connectivity index (χ2v) is 5.01. The fourth-order valence-corrected chi connectivity index (χ4v) is 2.26. The summed E-state index contributed by atoms with van der Waals surface area (Å²) in [6.45, 7) is 7.52. The first-order valence-electron chi connectivity index (χ1n) is 5.39. The lowest BCUT2D eigenvalue weighted by atomic mass is 9.87. The highest BCUT2D eigenvalue weighted by Gasteiger charge is 2.22. The summed E-state index contributed by atoms with van der Waals surface area (Å²) in [5.41, 5.74) is 0. The van der Waals surface area contributed by atoms with Gasteiger partial charge in [-0.15, -0.1) is 11.6 Å². The Morgan fingerprint density at radius 2 is 2.00 bits per heavy atom. The lowest BCUT2D eigenvalue weighted by Gasteiger charge is -2.33. The summed E-state index contributed by atoms with van der Waals surface area (Å²) in [5.74, 6) is 1.65. The fourth-order valence-electron chi connectivity index (χ4n) is 2.07. The predicted molar refractivity (Wildman–Crippen MR) is 59.3 cm³/mol. The van der Waals surface area contributed by atoms with Crippen molar-refractivity contribution < 1.29 is 0 Å². The Morgan fingerprint density at radius 1 is 1.43 bits per heavy atom. The molecule has 1 atom stereocenters. The number of piperidine rings is 1. The second-order valence-electron chi connectivity index (χ2n) is 4.48. The van der Waals surface area contributed by atoms with Gasteiger partial charge >= 0.3 is 0 Å². The average Bonchev–Trinajstić information content (AvgIpc) is 2.18. The number of nitriles is 1. The Balaban J connectivity index is 2.26. The first kappa shape index (κ1) is 11.8. The zero-order valence-electron chi connectivity index (χ0n) is 9.04. The van der Waals surface area contributed by atoms with Gasteiger partial charge in [-0.2, -0.15) is 5.26 Å². The van der Waals surface area contributed by atoms with Crippen molar-refractivity contribution in [1.29, 1.82) is 5.26 Å². The molecule has 80 valence electrons. The lowest BCUT2D eigenvalue weighted by molar-refractivity contribution is 0.161. The molecule has 3 heteroatoms. The van der Waals surface area contributed by atoms with Crippen molar-refractivity contribution in [3.8, 4) is 6.07 Å². The summed E-state index contributed by atoms with van der Waals surface area (Å²) in [6, 6.07) is 2.07. The summed E-state index contributed by atoms with van der Waals surface area (Å²) in [6.07, 6.45) is 2.51. The van der Waals surface area contributed by atoms with E-state index in [2.05, 4.69) is 24.8 Å². The number of alkyl halides is 1. The third-order valence-corrected chi connectivity index (χ3v) is 3.37. The number of likely N-dealkylation sites (tertiary alicyclic amines) is 1. The van der Waals surface area contributed by atoms with Gasteiger partial charge in [-0.25, -0.2) is 0 Å². The zero-order valence-corrected chi connectivity index (χ0v) is 9.80. The Labute approximate surface area is 91.8 Å². The van der Waals surface area contributed by atoms with E-state index >= 15 is 0 Å². The molecule has 1 aliphatic heterocycles. The van der Waals surface area contributed by atoms with E-state index in [4.69, 9.17) is 16.9 Å². The van der Waals surface area contributed by atoms with Gasteiger partial charge in [0.1, 0.15) is 5.38 Å². The van der Waals surface area contributed by atoms with Crippen LogP contribution in [-0.4, -0.2) is 29.9 Å². The number of hydrogen-bond donors (Lipinski definition) is 0. The quantitative estimate of drug-likeness (QED) is 0.675. The fraction of sp³-hybridized carbons (Fsp3) is 0.909. The van der Waals surface area contributed by atoms with Crippen LogP contribution in [0.3, 0.4) is 0 Å². The van der Waals surface area contributed by atoms with Gasteiger partial charge in [0.25, 0.3) is 0 Å². The van der Waals surface area contributed by atoms with Crippen molar-refractivity contribution in [2.45, 2.75) is 32.1 Å². The van der Waals surface area contributed by atoms with Crippen molar-refractivity contribution in [1.82, 2.24) is 4.90 Å². The lowest BCUT2D eigenvalue weighted by Crippen LogP contribution is -2.38. The highest BCUT2D eigenvalue weighted by atomic mass is 35.5. The van der Waals surface area contributed by atoms with Gasteiger partial charge in [0.15, 0.2) is 0 Å². The molecule has 0 bridgehead atoms. The van der Waals surface area contributed by atoms with E-state index in [1.54, 1.807) is 0 Å². The minimum Gasteiger partial charge on any atom is -0.301 e. The van der Waals surface area contributed by atoms with Crippen LogP contribution in [-0.2, 0) is 0 Å². The van der Waals surface area contributed by atoms with Gasteiger partial charge in [0.05, 0.1) is 6.07 Å². The molecule has 0 aromatic heterocycles. The molecule has 1 unspecified atom stereocenters. The molecule has 0 amide bonds. The smallest absolute Gasteiger partial charge is 0.133 e. The van der Waals surface area contributed by atoms with Crippen LogP contribution in [0.25, 0.3) is 0 Å². The molecule has 0 aromatic rings. The van der Waals surface area contributed by atoms with Crippen LogP contribution in [0.4, 0.5) is 0 Å². The minimum atomic E-state index is -0.342. The standard InChI is InChI=1S/C11H19ClN2/c1-9(2)10-3-5-14(6-4-10)8-11(12)7-13/h9-11H,3-6,8H2,1-2H3. The molecule has 2 nitrogen and oxygen atoms in total. The molecular formula is C11H19ClN2. The third-order valence-electron chi connectivity index (χ3n) is 3.13. The largest absolute Gasteiger partial charge is 0.301 e. The summed E-state index contributed by atoms with van der Waals surface area (Å²) >= 11 is 5.79. The van der Waals surface area contributed by atoms with E-state index in [1.165, 1.54) is 12.8 Å². The first-order valence-corrected chi connectivity index (χ1v) is 5.83. The van der Waals surface area contributed by atoms with Gasteiger partial charge in [-0.05, 0) is 37.8 Å². The molecule has 0 N–H and O–H groups in total. The molecule has 1 rings (SSSR count). The predicted octanol–water partition coefficient (Wildman–Crippen LogP) is 2.49. The maximum atomic E-state index is 8.60. The van der Waals surface area contributed by atoms with E-state index in [-0.39, 0.29) is 5.38 Å². The number of nitrogens with zero attached hydrogens (tertiary/aromatic N) is 2. The minimum absolute atomic E-state index is 0.342. The summed E-state index contributed by atoms with van der Waals surface area (Å²) < 4.78 is 0. The molecule has 1 aliphatic rings. The van der Waals surface area contributed by atoms with Crippen molar-refractivity contribution >= 4 is 11.6 Å². The van der Waals surface area contributed by atoms with Crippen molar-refractivity contribution in [3.05, 3.63) is 0 Å². The maximum absolute atomic E-state index is 8.60. The third kappa shape index (κ3) is 3.48. The van der Waals surface area contributed by atoms with E-state index in [0.29, 0.717) is 0 Å². The molecule has 0 saturated carbocycles. The topological polar surface area (TPSA) is 27.0 Å². The van der Waals surface area contributed by atoms with E-state index < -0.39 is 0 Å². The highest BCUT2D eigenvalue weighted by Crippen LogP contribution is 2.24. The molecular weight excluding hydrogens is 196 g/mol. The van der Waals surface area contributed by atoms with Crippen molar-refractivity contribution in [2.75, 3.05) is 19.6 Å². The van der Waals surface area contributed by atoms with Crippen LogP contribution in [0.15, 0.2) is 0 Å². The molecule has 0 radical (unpaired) electrons. The summed E-state index contributed by atoms with van der Waals surface area (Å²) in [5, 5.41) is 8.25. The van der Waals surface area contributed by atoms with Gasteiger partial charge in [0.2, 0.25) is 0 Å². The van der Waals surface area contributed by atoms with E-state index in [0.717, 1.165) is 31.5 Å². The molecule has 0 aliphatic carbocycles. The van der Waals surface area contributed by atoms with Gasteiger partial charge in [0, 0.05) is 6.54 Å². The molecule has 14 heavy (non-hydrogen) atoms. The number of rotatable bonds is 3. The Kier molecular flexibility index (Phi) is 4.71. The molecule has 0 spiro atoms. The Hall–Kier alpha value is -0.260. The maximum Gasteiger partial charge on any atom is 0.133 e. The molecule has 1 fully saturated rings. The monoisotopic (exact) mass is 214 g/mol. The Bertz CT molecular complexity index is 202. The van der Waals surface area contributed by atoms with E-state index in [9.17, 15) is 0 Å². The van der Waals surface area contributed by atoms with Crippen LogP contribution in [0.2, 0.25) is 0 Å². The molecule has 1 saturated heterocycles. The normalized spacial score (nSPS) is 22.2. The van der Waals surface area contributed by atoms with Crippen LogP contribution >= 0.6 is 11.6 Å². The van der Waals surface area contributed by atoms with Crippen LogP contribution in [0, 0.1) is 23.2 Å². The van der Waals surface area contributed by atoms with Gasteiger partial charge < -0.3 is 4.90 Å². The summed E-state index contributed by atoms with van der Waals surface area (Å²) in [7, 11) is 0. The van der Waals surface area contributed by atoms with Crippen LogP contribution in [0.1, 0.15) is 26.7 Å². The number of halogens is 1. The van der Waals surface area contributed by atoms with Crippen molar-refractivity contribution in [3.63, 3.8) is 0 Å². The van der Waals surface area contributed by atoms with Gasteiger partial charge in [-0.1, -0.05) is 13.8 Å². The van der Waals surface area contributed by atoms with Crippen LogP contribution < -0.4 is 0 Å². The first-order chi connectivity index (χ1) is 6.63. The average molecular weight is 215 g/mol.